The zero-order valence-electron chi connectivity index (χ0n) is 25.3. The fourth-order valence-corrected chi connectivity index (χ4v) is 5.88. The Bertz CT molecular complexity index is 1010. The van der Waals surface area contributed by atoms with Crippen molar-refractivity contribution in [1.29, 1.82) is 0 Å². The summed E-state index contributed by atoms with van der Waals surface area (Å²) in [4.78, 5) is 12.1. The summed E-state index contributed by atoms with van der Waals surface area (Å²) < 4.78 is 39.2. The van der Waals surface area contributed by atoms with Gasteiger partial charge < -0.3 is 99.8 Å². The first-order chi connectivity index (χ1) is 22.1. The van der Waals surface area contributed by atoms with Gasteiger partial charge in [0.1, 0.15) is 91.5 Å². The highest BCUT2D eigenvalue weighted by molar-refractivity contribution is 5.73. The second-order valence-corrected chi connectivity index (χ2v) is 11.9. The van der Waals surface area contributed by atoms with E-state index >= 15 is 0 Å². The average Bonchev–Trinajstić information content (AvgIpc) is 3.04. The molecule has 274 valence electrons. The highest BCUT2D eigenvalue weighted by Crippen LogP contribution is 2.34. The van der Waals surface area contributed by atoms with E-state index in [9.17, 15) is 66.1 Å². The van der Waals surface area contributed by atoms with Crippen molar-refractivity contribution in [3.63, 3.8) is 0 Å². The summed E-state index contributed by atoms with van der Waals surface area (Å²) in [6.45, 7) is -0.114. The lowest BCUT2D eigenvalue weighted by molar-refractivity contribution is -0.385. The van der Waals surface area contributed by atoms with Crippen molar-refractivity contribution in [2.24, 2.45) is 0 Å². The van der Waals surface area contributed by atoms with Crippen LogP contribution < -0.4 is 5.32 Å². The van der Waals surface area contributed by atoms with Crippen molar-refractivity contribution >= 4 is 5.91 Å². The second kappa shape index (κ2) is 16.2. The molecule has 1 unspecified atom stereocenters. The zero-order chi connectivity index (χ0) is 34.9. The molecule has 4 saturated heterocycles. The van der Waals surface area contributed by atoms with Crippen LogP contribution in [-0.2, 0) is 38.0 Å². The summed E-state index contributed by atoms with van der Waals surface area (Å²) >= 11 is 0. The van der Waals surface area contributed by atoms with Gasteiger partial charge in [-0.15, -0.1) is 0 Å². The van der Waals surface area contributed by atoms with Gasteiger partial charge in [0.15, 0.2) is 25.2 Å². The molecule has 1 amide bonds. The summed E-state index contributed by atoms with van der Waals surface area (Å²) in [6, 6.07) is -1.52. The predicted octanol–water partition coefficient (Wildman–Crippen LogP) is -8.58. The van der Waals surface area contributed by atoms with Gasteiger partial charge in [0.05, 0.1) is 25.9 Å². The van der Waals surface area contributed by atoms with Crippen molar-refractivity contribution in [3.05, 3.63) is 0 Å². The highest BCUT2D eigenvalue weighted by atomic mass is 16.8. The summed E-state index contributed by atoms with van der Waals surface area (Å²) in [7, 11) is 0. The zero-order valence-corrected chi connectivity index (χ0v) is 25.3. The quantitative estimate of drug-likeness (QED) is 0.101. The molecular weight excluding hydrogens is 646 g/mol. The minimum Gasteiger partial charge on any atom is -0.394 e. The first kappa shape index (κ1) is 38.5. The Balaban J connectivity index is 1.63. The third-order valence-electron chi connectivity index (χ3n) is 8.57. The number of nitrogens with one attached hydrogen (secondary N) is 1. The second-order valence-electron chi connectivity index (χ2n) is 11.9. The molecule has 0 aromatic heterocycles. The van der Waals surface area contributed by atoms with E-state index in [-0.39, 0.29) is 0 Å². The molecule has 0 aromatic rings. The normalized spacial score (nSPS) is 51.0. The maximum absolute atomic E-state index is 12.1. The van der Waals surface area contributed by atoms with Crippen molar-refractivity contribution in [2.75, 3.05) is 19.8 Å². The highest BCUT2D eigenvalue weighted by Gasteiger charge is 2.55. The Morgan fingerprint density at radius 2 is 1.02 bits per heavy atom. The third-order valence-corrected chi connectivity index (χ3v) is 8.57. The monoisotopic (exact) mass is 691 g/mol. The van der Waals surface area contributed by atoms with Gasteiger partial charge in [-0.05, 0) is 6.92 Å². The Kier molecular flexibility index (Phi) is 13.2. The van der Waals surface area contributed by atoms with E-state index in [0.29, 0.717) is 0 Å². The van der Waals surface area contributed by atoms with E-state index in [4.69, 9.17) is 33.2 Å². The van der Waals surface area contributed by atoms with Crippen LogP contribution in [0.2, 0.25) is 0 Å². The van der Waals surface area contributed by atoms with E-state index in [0.717, 1.165) is 6.92 Å². The van der Waals surface area contributed by atoms with Gasteiger partial charge in [0, 0.05) is 6.92 Å². The molecule has 47 heavy (non-hydrogen) atoms. The molecule has 13 N–H and O–H groups in total. The molecular formula is C26H45NO20. The van der Waals surface area contributed by atoms with E-state index in [1.807, 2.05) is 0 Å². The molecule has 21 nitrogen and oxygen atoms in total. The summed E-state index contributed by atoms with van der Waals surface area (Å²) in [5, 5.41) is 126. The van der Waals surface area contributed by atoms with Crippen LogP contribution in [0.15, 0.2) is 0 Å². The van der Waals surface area contributed by atoms with Gasteiger partial charge in [-0.25, -0.2) is 0 Å². The lowest BCUT2D eigenvalue weighted by Gasteiger charge is -2.50. The SMILES string of the molecule is CC(=O)N[C@H]1C(O)O[C@H](CO)[C@@H](O[C@@H]2O[C@H](CO)[C@H](O)[C@H](O[C@H]3O[C@H](CO)[C@H](O)[C@H](O)[C@H]3O)[C@H]2O)[C@@H]1O[C@@H]1O[C@@H](C)[C@@H](O)[C@@H](O)[C@@H]1O. The number of carbonyl (C=O) groups excluding carboxylic acids is 1. The Morgan fingerprint density at radius 1 is 0.553 bits per heavy atom. The van der Waals surface area contributed by atoms with Crippen LogP contribution in [0.3, 0.4) is 0 Å². The van der Waals surface area contributed by atoms with Gasteiger partial charge >= 0.3 is 0 Å². The average molecular weight is 692 g/mol. The third kappa shape index (κ3) is 8.04. The number of rotatable bonds is 10. The van der Waals surface area contributed by atoms with Crippen molar-refractivity contribution < 1.29 is 99.2 Å². The molecule has 4 aliphatic heterocycles. The predicted molar refractivity (Wildman–Crippen MR) is 144 cm³/mol. The number of ether oxygens (including phenoxy) is 7. The number of aliphatic hydroxyl groups excluding tert-OH is 12. The lowest BCUT2D eigenvalue weighted by atomic mass is 9.94. The van der Waals surface area contributed by atoms with Crippen LogP contribution in [0, 0.1) is 0 Å². The molecule has 4 rings (SSSR count). The summed E-state index contributed by atoms with van der Waals surface area (Å²) in [5.74, 6) is -0.702. The first-order valence-corrected chi connectivity index (χ1v) is 15.0. The molecule has 21 heteroatoms. The van der Waals surface area contributed by atoms with Crippen LogP contribution in [0.4, 0.5) is 0 Å². The minimum atomic E-state index is -2.03. The molecule has 0 bridgehead atoms. The lowest BCUT2D eigenvalue weighted by Crippen LogP contribution is -2.70. The maximum Gasteiger partial charge on any atom is 0.217 e. The number of aliphatic hydroxyl groups is 12. The standard InChI is InChI=1S/C26H45NO20/c1-6-12(32)15(35)17(37)24(41-6)46-21-11(27-7(2)31)23(40)42-10(5-30)20(21)45-26-19(39)22(14(34)9(4-29)44-26)47-25-18(38)16(36)13(33)8(3-28)43-25/h6,8-26,28-30,32-40H,3-5H2,1-2H3,(H,27,31)/t6-,8+,9+,10+,11+,12+,13-,14-,15+,16-,17-,18+,19+,20+,21+,22-,23?,24-,25+,26-/m0/s1. The van der Waals surface area contributed by atoms with Crippen LogP contribution >= 0.6 is 0 Å². The molecule has 4 fully saturated rings. The molecule has 0 saturated carbocycles. The van der Waals surface area contributed by atoms with Gasteiger partial charge in [0.2, 0.25) is 5.91 Å². The number of hydrogen-bond donors (Lipinski definition) is 13. The van der Waals surface area contributed by atoms with Gasteiger partial charge in [-0.2, -0.15) is 0 Å². The largest absolute Gasteiger partial charge is 0.394 e. The fourth-order valence-electron chi connectivity index (χ4n) is 5.88. The smallest absolute Gasteiger partial charge is 0.217 e. The van der Waals surface area contributed by atoms with Crippen molar-refractivity contribution in [1.82, 2.24) is 5.32 Å². The molecule has 4 aliphatic rings. The number of carbonyl (C=O) groups is 1. The molecule has 0 spiro atoms. The molecule has 0 aromatic carbocycles. The van der Waals surface area contributed by atoms with E-state index < -0.39 is 148 Å². The van der Waals surface area contributed by atoms with Crippen molar-refractivity contribution in [3.8, 4) is 0 Å². The molecule has 0 radical (unpaired) electrons. The number of amides is 1. The topological polar surface area (TPSA) is 336 Å². The van der Waals surface area contributed by atoms with E-state index in [1.54, 1.807) is 0 Å². The van der Waals surface area contributed by atoms with E-state index in [2.05, 4.69) is 5.32 Å². The van der Waals surface area contributed by atoms with Gasteiger partial charge in [-0.3, -0.25) is 4.79 Å². The number of hydrogen-bond acceptors (Lipinski definition) is 20. The fraction of sp³-hybridized carbons (Fsp3) is 0.962. The molecule has 4 heterocycles. The van der Waals surface area contributed by atoms with Crippen LogP contribution in [0.5, 0.6) is 0 Å². The maximum atomic E-state index is 12.1. The van der Waals surface area contributed by atoms with Crippen molar-refractivity contribution in [2.45, 2.75) is 137 Å². The summed E-state index contributed by atoms with van der Waals surface area (Å²) in [6.07, 6.45) is -32.5. The summed E-state index contributed by atoms with van der Waals surface area (Å²) in [5.41, 5.74) is 0. The van der Waals surface area contributed by atoms with E-state index in [1.165, 1.54) is 6.92 Å². The Hall–Kier alpha value is -1.29. The van der Waals surface area contributed by atoms with Gasteiger partial charge in [-0.1, -0.05) is 0 Å². The Morgan fingerprint density at radius 3 is 1.57 bits per heavy atom. The van der Waals surface area contributed by atoms with Crippen LogP contribution in [0.1, 0.15) is 13.8 Å². The molecule has 20 atom stereocenters. The van der Waals surface area contributed by atoms with Gasteiger partial charge in [0.25, 0.3) is 0 Å². The van der Waals surface area contributed by atoms with Crippen LogP contribution in [-0.4, -0.2) is 210 Å². The minimum absolute atomic E-state index is 0.702. The Labute approximate surface area is 267 Å². The van der Waals surface area contributed by atoms with Crippen LogP contribution in [0.25, 0.3) is 0 Å². The first-order valence-electron chi connectivity index (χ1n) is 15.0. The molecule has 0 aliphatic carbocycles.